The molecule has 0 N–H and O–H groups in total. The molecule has 0 radical (unpaired) electrons. The van der Waals surface area contributed by atoms with Gasteiger partial charge in [0, 0.05) is 29.3 Å². The van der Waals surface area contributed by atoms with Crippen LogP contribution in [-0.4, -0.2) is 0 Å². The molecule has 2 aromatic rings. The Balaban J connectivity index is 2.79. The molecule has 0 aliphatic rings. The van der Waals surface area contributed by atoms with Crippen molar-refractivity contribution in [1.82, 2.24) is 0 Å². The van der Waals surface area contributed by atoms with E-state index in [4.69, 9.17) is 0 Å². The lowest BCUT2D eigenvalue weighted by atomic mass is 10.2. The summed E-state index contributed by atoms with van der Waals surface area (Å²) in [6.07, 6.45) is 0. The summed E-state index contributed by atoms with van der Waals surface area (Å²) in [6.45, 7) is 0. The van der Waals surface area contributed by atoms with Crippen molar-refractivity contribution in [2.24, 2.45) is 0 Å². The molecule has 4 heteroatoms. The van der Waals surface area contributed by atoms with Crippen LogP contribution in [0.1, 0.15) is 5.56 Å². The van der Waals surface area contributed by atoms with Crippen LogP contribution in [-0.2, 0) is 5.33 Å². The number of alkyl halides is 1. The maximum absolute atomic E-state index is 4.49. The number of benzene rings is 1. The van der Waals surface area contributed by atoms with E-state index in [1.807, 2.05) is 0 Å². The Morgan fingerprint density at radius 1 is 1.46 bits per heavy atom. The highest BCUT2D eigenvalue weighted by molar-refractivity contribution is 14.1. The minimum Gasteiger partial charge on any atom is -0.143 e. The van der Waals surface area contributed by atoms with E-state index in [9.17, 15) is 0 Å². The first-order valence-electron chi connectivity index (χ1n) is 3.67. The maximum atomic E-state index is 4.49. The van der Waals surface area contributed by atoms with Gasteiger partial charge in [0.15, 0.2) is 0 Å². The van der Waals surface area contributed by atoms with Gasteiger partial charge in [-0.3, -0.25) is 0 Å². The van der Waals surface area contributed by atoms with Crippen LogP contribution in [0.25, 0.3) is 10.1 Å². The fourth-order valence-corrected chi connectivity index (χ4v) is 4.31. The molecule has 0 bridgehead atoms. The van der Waals surface area contributed by atoms with Gasteiger partial charge in [-0.15, -0.1) is 24.0 Å². The number of halogens is 2. The van der Waals surface area contributed by atoms with Crippen LogP contribution in [0.3, 0.4) is 0 Å². The summed E-state index contributed by atoms with van der Waals surface area (Å²) in [5, 5.41) is 4.35. The zero-order valence-corrected chi connectivity index (χ0v) is 12.0. The standard InChI is InChI=1S/C9H6BrIS2/c10-3-5-1-7(12)9-6(11)4-13-8(9)2-5/h1-2,4,12H,3H2. The van der Waals surface area contributed by atoms with Crippen LogP contribution < -0.4 is 0 Å². The fourth-order valence-electron chi connectivity index (χ4n) is 1.24. The Bertz CT molecular complexity index is 450. The molecule has 1 aromatic carbocycles. The van der Waals surface area contributed by atoms with Crippen molar-refractivity contribution in [3.8, 4) is 0 Å². The van der Waals surface area contributed by atoms with Crippen molar-refractivity contribution in [3.63, 3.8) is 0 Å². The lowest BCUT2D eigenvalue weighted by Gasteiger charge is -2.00. The predicted octanol–water partition coefficient (Wildman–Crippen LogP) is 4.69. The highest BCUT2D eigenvalue weighted by Gasteiger charge is 2.06. The number of thiophene rings is 1. The molecular weight excluding hydrogens is 379 g/mol. The number of hydrogen-bond acceptors (Lipinski definition) is 2. The molecule has 0 spiro atoms. The lowest BCUT2D eigenvalue weighted by molar-refractivity contribution is 1.40. The normalized spacial score (nSPS) is 11.0. The van der Waals surface area contributed by atoms with E-state index >= 15 is 0 Å². The Morgan fingerprint density at radius 2 is 2.23 bits per heavy atom. The molecule has 68 valence electrons. The van der Waals surface area contributed by atoms with E-state index in [2.05, 4.69) is 68.7 Å². The Labute approximate surface area is 108 Å². The molecule has 0 fully saturated rings. The Hall–Kier alpha value is 0.740. The predicted molar refractivity (Wildman–Crippen MR) is 74.4 cm³/mol. The van der Waals surface area contributed by atoms with Crippen LogP contribution >= 0.6 is 62.5 Å². The van der Waals surface area contributed by atoms with E-state index < -0.39 is 0 Å². The van der Waals surface area contributed by atoms with E-state index in [1.165, 1.54) is 19.2 Å². The van der Waals surface area contributed by atoms with Crippen LogP contribution in [0.2, 0.25) is 0 Å². The first-order valence-corrected chi connectivity index (χ1v) is 7.19. The maximum Gasteiger partial charge on any atom is 0.0367 e. The third-order valence-electron chi connectivity index (χ3n) is 1.82. The van der Waals surface area contributed by atoms with E-state index in [0.29, 0.717) is 0 Å². The van der Waals surface area contributed by atoms with Gasteiger partial charge in [-0.1, -0.05) is 15.9 Å². The van der Waals surface area contributed by atoms with Crippen LogP contribution in [0, 0.1) is 3.57 Å². The van der Waals surface area contributed by atoms with E-state index in [-0.39, 0.29) is 0 Å². The van der Waals surface area contributed by atoms with Gasteiger partial charge >= 0.3 is 0 Å². The second-order valence-corrected chi connectivity index (χ2v) is 5.82. The van der Waals surface area contributed by atoms with Gasteiger partial charge in [0.1, 0.15) is 0 Å². The largest absolute Gasteiger partial charge is 0.143 e. The average molecular weight is 385 g/mol. The number of rotatable bonds is 1. The van der Waals surface area contributed by atoms with Crippen molar-refractivity contribution >= 4 is 72.6 Å². The average Bonchev–Trinajstić information content (AvgIpc) is 2.48. The second-order valence-electron chi connectivity index (χ2n) is 2.71. The molecule has 0 saturated carbocycles. The molecule has 0 aliphatic carbocycles. The zero-order chi connectivity index (χ0) is 9.42. The molecule has 0 nitrogen and oxygen atoms in total. The quantitative estimate of drug-likeness (QED) is 0.411. The summed E-state index contributed by atoms with van der Waals surface area (Å²) in [5.41, 5.74) is 1.29. The van der Waals surface area contributed by atoms with Crippen molar-refractivity contribution in [2.75, 3.05) is 0 Å². The highest BCUT2D eigenvalue weighted by atomic mass is 127. The number of hydrogen-bond donors (Lipinski definition) is 1. The minimum atomic E-state index is 0.894. The summed E-state index contributed by atoms with van der Waals surface area (Å²) in [4.78, 5) is 1.08. The number of fused-ring (bicyclic) bond motifs is 1. The SMILES string of the molecule is Sc1cc(CBr)cc2scc(I)c12. The first kappa shape index (κ1) is 10.3. The third kappa shape index (κ3) is 1.91. The topological polar surface area (TPSA) is 0 Å². The molecule has 0 aliphatic heterocycles. The van der Waals surface area contributed by atoms with Crippen molar-refractivity contribution in [1.29, 1.82) is 0 Å². The summed E-state index contributed by atoms with van der Waals surface area (Å²) >= 11 is 12.1. The minimum absolute atomic E-state index is 0.894. The Kier molecular flexibility index (Phi) is 3.22. The van der Waals surface area contributed by atoms with Gasteiger partial charge < -0.3 is 0 Å². The van der Waals surface area contributed by atoms with Crippen LogP contribution in [0.5, 0.6) is 0 Å². The summed E-state index contributed by atoms with van der Waals surface area (Å²) < 4.78 is 2.62. The van der Waals surface area contributed by atoms with Gasteiger partial charge in [0.2, 0.25) is 0 Å². The van der Waals surface area contributed by atoms with Crippen molar-refractivity contribution in [2.45, 2.75) is 10.2 Å². The Morgan fingerprint density at radius 3 is 2.92 bits per heavy atom. The molecule has 0 saturated heterocycles. The molecule has 1 heterocycles. The molecule has 0 atom stereocenters. The second kappa shape index (κ2) is 4.08. The molecule has 1 aromatic heterocycles. The van der Waals surface area contributed by atoms with Crippen LogP contribution in [0.15, 0.2) is 22.4 Å². The molecule has 2 rings (SSSR count). The zero-order valence-electron chi connectivity index (χ0n) is 6.55. The smallest absolute Gasteiger partial charge is 0.0367 e. The molecule has 13 heavy (non-hydrogen) atoms. The molecular formula is C9H6BrIS2. The van der Waals surface area contributed by atoms with Gasteiger partial charge in [-0.2, -0.15) is 0 Å². The van der Waals surface area contributed by atoms with Crippen LogP contribution in [0.4, 0.5) is 0 Å². The first-order chi connectivity index (χ1) is 6.22. The van der Waals surface area contributed by atoms with Crippen molar-refractivity contribution < 1.29 is 0 Å². The lowest BCUT2D eigenvalue weighted by Crippen LogP contribution is -1.78. The molecule has 0 unspecified atom stereocenters. The highest BCUT2D eigenvalue weighted by Crippen LogP contribution is 2.33. The van der Waals surface area contributed by atoms with E-state index in [1.54, 1.807) is 11.3 Å². The van der Waals surface area contributed by atoms with Gasteiger partial charge in [-0.25, -0.2) is 0 Å². The van der Waals surface area contributed by atoms with Gasteiger partial charge in [-0.05, 0) is 40.3 Å². The number of thiol groups is 1. The summed E-state index contributed by atoms with van der Waals surface area (Å²) in [6, 6.07) is 4.34. The van der Waals surface area contributed by atoms with E-state index in [0.717, 1.165) is 10.2 Å². The van der Waals surface area contributed by atoms with Crippen molar-refractivity contribution in [3.05, 3.63) is 26.6 Å². The summed E-state index contributed by atoms with van der Waals surface area (Å²) in [7, 11) is 0. The summed E-state index contributed by atoms with van der Waals surface area (Å²) in [5.74, 6) is 0. The van der Waals surface area contributed by atoms with Gasteiger partial charge in [0.05, 0.1) is 0 Å². The monoisotopic (exact) mass is 384 g/mol. The third-order valence-corrected chi connectivity index (χ3v) is 5.03. The molecule has 0 amide bonds. The fraction of sp³-hybridized carbons (Fsp3) is 0.111. The van der Waals surface area contributed by atoms with Gasteiger partial charge in [0.25, 0.3) is 0 Å².